The van der Waals surface area contributed by atoms with E-state index in [4.69, 9.17) is 4.42 Å². The largest absolute Gasteiger partial charge is 0.460 e. The molecule has 1 amide bonds. The van der Waals surface area contributed by atoms with Crippen LogP contribution in [0.1, 0.15) is 51.9 Å². The van der Waals surface area contributed by atoms with E-state index in [0.29, 0.717) is 0 Å². The lowest BCUT2D eigenvalue weighted by Crippen LogP contribution is -2.28. The van der Waals surface area contributed by atoms with Crippen LogP contribution in [0.2, 0.25) is 0 Å². The SMILES string of the molecule is CCCCc1oc2ccccc2c1C(C)=CC(=O)N(CC)CC. The van der Waals surface area contributed by atoms with Crippen molar-refractivity contribution in [3.05, 3.63) is 41.7 Å². The first kappa shape index (κ1) is 17.3. The molecule has 0 bridgehead atoms. The molecule has 124 valence electrons. The van der Waals surface area contributed by atoms with Gasteiger partial charge in [0.05, 0.1) is 0 Å². The molecule has 23 heavy (non-hydrogen) atoms. The van der Waals surface area contributed by atoms with Gasteiger partial charge in [-0.2, -0.15) is 0 Å². The number of fused-ring (bicyclic) bond motifs is 1. The number of hydrogen-bond acceptors (Lipinski definition) is 2. The zero-order valence-electron chi connectivity index (χ0n) is 14.7. The van der Waals surface area contributed by atoms with Gasteiger partial charge in [-0.05, 0) is 38.8 Å². The minimum Gasteiger partial charge on any atom is -0.460 e. The van der Waals surface area contributed by atoms with Crippen LogP contribution in [0.5, 0.6) is 0 Å². The number of unbranched alkanes of at least 4 members (excludes halogenated alkanes) is 1. The Morgan fingerprint density at radius 2 is 1.87 bits per heavy atom. The fourth-order valence-corrected chi connectivity index (χ4v) is 2.93. The summed E-state index contributed by atoms with van der Waals surface area (Å²) in [5, 5.41) is 1.10. The highest BCUT2D eigenvalue weighted by Crippen LogP contribution is 2.32. The third-order valence-electron chi connectivity index (χ3n) is 4.24. The Morgan fingerprint density at radius 1 is 1.17 bits per heavy atom. The molecular formula is C20H27NO2. The van der Waals surface area contributed by atoms with Gasteiger partial charge >= 0.3 is 0 Å². The molecule has 3 nitrogen and oxygen atoms in total. The van der Waals surface area contributed by atoms with Gasteiger partial charge in [0, 0.05) is 36.5 Å². The first-order chi connectivity index (χ1) is 11.1. The van der Waals surface area contributed by atoms with E-state index in [1.807, 2.05) is 43.9 Å². The zero-order valence-corrected chi connectivity index (χ0v) is 14.7. The molecule has 0 saturated carbocycles. The molecule has 3 heteroatoms. The quantitative estimate of drug-likeness (QED) is 0.670. The summed E-state index contributed by atoms with van der Waals surface area (Å²) in [6, 6.07) is 8.07. The number of hydrogen-bond donors (Lipinski definition) is 0. The molecular weight excluding hydrogens is 286 g/mol. The van der Waals surface area contributed by atoms with Gasteiger partial charge in [0.25, 0.3) is 0 Å². The van der Waals surface area contributed by atoms with E-state index in [1.54, 1.807) is 6.08 Å². The highest BCUT2D eigenvalue weighted by Gasteiger charge is 2.16. The molecule has 1 heterocycles. The summed E-state index contributed by atoms with van der Waals surface area (Å²) in [5.41, 5.74) is 2.98. The second kappa shape index (κ2) is 8.00. The van der Waals surface area contributed by atoms with E-state index in [0.717, 1.165) is 60.2 Å². The molecule has 1 aromatic carbocycles. The Bertz CT molecular complexity index is 693. The molecule has 0 fully saturated rings. The molecule has 0 aliphatic rings. The van der Waals surface area contributed by atoms with Crippen LogP contribution < -0.4 is 0 Å². The number of carbonyl (C=O) groups is 1. The average Bonchev–Trinajstić information content (AvgIpc) is 2.92. The number of likely N-dealkylation sites (N-methyl/N-ethyl adjacent to an activating group) is 1. The van der Waals surface area contributed by atoms with Gasteiger partial charge in [-0.1, -0.05) is 31.5 Å². The van der Waals surface area contributed by atoms with Crippen molar-refractivity contribution >= 4 is 22.4 Å². The Labute approximate surface area is 139 Å². The summed E-state index contributed by atoms with van der Waals surface area (Å²) in [5.74, 6) is 1.06. The van der Waals surface area contributed by atoms with Crippen molar-refractivity contribution in [3.63, 3.8) is 0 Å². The smallest absolute Gasteiger partial charge is 0.246 e. The Hall–Kier alpha value is -2.03. The number of furan rings is 1. The monoisotopic (exact) mass is 313 g/mol. The number of para-hydroxylation sites is 1. The molecule has 2 rings (SSSR count). The molecule has 2 aromatic rings. The van der Waals surface area contributed by atoms with Crippen LogP contribution in [0, 0.1) is 0 Å². The third-order valence-corrected chi connectivity index (χ3v) is 4.24. The number of benzene rings is 1. The van der Waals surface area contributed by atoms with Crippen LogP contribution in [0.15, 0.2) is 34.8 Å². The second-order valence-electron chi connectivity index (χ2n) is 5.84. The van der Waals surface area contributed by atoms with E-state index < -0.39 is 0 Å². The van der Waals surface area contributed by atoms with Crippen molar-refractivity contribution in [2.75, 3.05) is 13.1 Å². The number of rotatable bonds is 7. The maximum Gasteiger partial charge on any atom is 0.246 e. The maximum absolute atomic E-state index is 12.4. The van der Waals surface area contributed by atoms with Crippen molar-refractivity contribution in [1.29, 1.82) is 0 Å². The molecule has 1 aromatic heterocycles. The molecule has 0 atom stereocenters. The van der Waals surface area contributed by atoms with Crippen molar-refractivity contribution < 1.29 is 9.21 Å². The van der Waals surface area contributed by atoms with Gasteiger partial charge in [-0.3, -0.25) is 4.79 Å². The number of nitrogens with zero attached hydrogens (tertiary/aromatic N) is 1. The topological polar surface area (TPSA) is 33.5 Å². The van der Waals surface area contributed by atoms with Crippen molar-refractivity contribution in [1.82, 2.24) is 4.90 Å². The number of aryl methyl sites for hydroxylation is 1. The summed E-state index contributed by atoms with van der Waals surface area (Å²) in [6.07, 6.45) is 4.87. The second-order valence-corrected chi connectivity index (χ2v) is 5.84. The lowest BCUT2D eigenvalue weighted by atomic mass is 10.0. The van der Waals surface area contributed by atoms with E-state index in [9.17, 15) is 4.79 Å². The summed E-state index contributed by atoms with van der Waals surface area (Å²) in [6.45, 7) is 9.65. The van der Waals surface area contributed by atoms with Crippen molar-refractivity contribution in [2.45, 2.75) is 47.0 Å². The predicted molar refractivity (Wildman–Crippen MR) is 96.4 cm³/mol. The maximum atomic E-state index is 12.4. The van der Waals surface area contributed by atoms with Crippen LogP contribution >= 0.6 is 0 Å². The molecule has 0 aliphatic heterocycles. The highest BCUT2D eigenvalue weighted by atomic mass is 16.3. The molecule has 0 unspecified atom stereocenters. The molecule has 0 aliphatic carbocycles. The van der Waals surface area contributed by atoms with Gasteiger partial charge in [0.15, 0.2) is 0 Å². The van der Waals surface area contributed by atoms with E-state index >= 15 is 0 Å². The number of amides is 1. The lowest BCUT2D eigenvalue weighted by Gasteiger charge is -2.16. The Kier molecular flexibility index (Phi) is 6.03. The summed E-state index contributed by atoms with van der Waals surface area (Å²) < 4.78 is 6.05. The van der Waals surface area contributed by atoms with Gasteiger partial charge in [0.2, 0.25) is 5.91 Å². The van der Waals surface area contributed by atoms with Crippen LogP contribution in [0.3, 0.4) is 0 Å². The van der Waals surface area contributed by atoms with Crippen molar-refractivity contribution in [2.24, 2.45) is 0 Å². The fourth-order valence-electron chi connectivity index (χ4n) is 2.93. The Morgan fingerprint density at radius 3 is 2.52 bits per heavy atom. The van der Waals surface area contributed by atoms with Crippen LogP contribution in [0.25, 0.3) is 16.5 Å². The first-order valence-electron chi connectivity index (χ1n) is 8.60. The highest BCUT2D eigenvalue weighted by molar-refractivity contribution is 6.00. The standard InChI is InChI=1S/C20H27NO2/c1-5-8-12-18-20(16-11-9-10-13-17(16)23-18)15(4)14-19(22)21(6-2)7-3/h9-11,13-14H,5-8,12H2,1-4H3. The Balaban J connectivity index is 2.45. The van der Waals surface area contributed by atoms with Gasteiger partial charge in [-0.15, -0.1) is 0 Å². The minimum atomic E-state index is 0.0687. The minimum absolute atomic E-state index is 0.0687. The van der Waals surface area contributed by atoms with Gasteiger partial charge < -0.3 is 9.32 Å². The average molecular weight is 313 g/mol. The molecule has 0 N–H and O–H groups in total. The molecule has 0 saturated heterocycles. The number of carbonyl (C=O) groups excluding carboxylic acids is 1. The normalized spacial score (nSPS) is 11.9. The summed E-state index contributed by atoms with van der Waals surface area (Å²) in [4.78, 5) is 14.2. The number of allylic oxidation sites excluding steroid dienone is 1. The summed E-state index contributed by atoms with van der Waals surface area (Å²) >= 11 is 0. The van der Waals surface area contributed by atoms with E-state index in [1.165, 1.54) is 0 Å². The van der Waals surface area contributed by atoms with Crippen LogP contribution in [-0.4, -0.2) is 23.9 Å². The first-order valence-corrected chi connectivity index (χ1v) is 8.60. The zero-order chi connectivity index (χ0) is 16.8. The van der Waals surface area contributed by atoms with Crippen LogP contribution in [-0.2, 0) is 11.2 Å². The van der Waals surface area contributed by atoms with Crippen LogP contribution in [0.4, 0.5) is 0 Å². The van der Waals surface area contributed by atoms with Gasteiger partial charge in [0.1, 0.15) is 11.3 Å². The predicted octanol–water partition coefficient (Wildman–Crippen LogP) is 5.05. The third kappa shape index (κ3) is 3.84. The lowest BCUT2D eigenvalue weighted by molar-refractivity contribution is -0.125. The van der Waals surface area contributed by atoms with E-state index in [2.05, 4.69) is 13.0 Å². The molecule has 0 radical (unpaired) electrons. The fraction of sp³-hybridized carbons (Fsp3) is 0.450. The van der Waals surface area contributed by atoms with Gasteiger partial charge in [-0.25, -0.2) is 0 Å². The molecule has 0 spiro atoms. The van der Waals surface area contributed by atoms with E-state index in [-0.39, 0.29) is 5.91 Å². The van der Waals surface area contributed by atoms with Crippen molar-refractivity contribution in [3.8, 4) is 0 Å². The summed E-state index contributed by atoms with van der Waals surface area (Å²) in [7, 11) is 0.